The molecule has 6 heteroatoms. The van der Waals surface area contributed by atoms with Gasteiger partial charge in [0.25, 0.3) is 0 Å². The Bertz CT molecular complexity index is 262. The summed E-state index contributed by atoms with van der Waals surface area (Å²) in [6, 6.07) is 0. The van der Waals surface area contributed by atoms with Crippen LogP contribution in [0, 0.1) is 0 Å². The summed E-state index contributed by atoms with van der Waals surface area (Å²) in [5.41, 5.74) is 4.83. The van der Waals surface area contributed by atoms with Gasteiger partial charge < -0.3 is 21.1 Å². The van der Waals surface area contributed by atoms with Crippen LogP contribution in [0.5, 0.6) is 0 Å². The van der Waals surface area contributed by atoms with Crippen molar-refractivity contribution in [2.75, 3.05) is 26.2 Å². The molecule has 0 spiro atoms. The van der Waals surface area contributed by atoms with Gasteiger partial charge in [0.1, 0.15) is 0 Å². The Kier molecular flexibility index (Phi) is 4.70. The third kappa shape index (κ3) is 4.16. The summed E-state index contributed by atoms with van der Waals surface area (Å²) in [6.07, 6.45) is 1.97. The number of nitrogens with one attached hydrogen (secondary N) is 2. The van der Waals surface area contributed by atoms with Crippen LogP contribution < -0.4 is 16.4 Å². The number of hydrogen-bond donors (Lipinski definition) is 3. The number of nitrogens with two attached hydrogens (primary N) is 1. The molecule has 1 aliphatic rings. The zero-order valence-corrected chi connectivity index (χ0v) is 9.54. The lowest BCUT2D eigenvalue weighted by Crippen LogP contribution is -2.45. The monoisotopic (exact) mass is 229 g/mol. The van der Waals surface area contributed by atoms with Crippen LogP contribution in [0.2, 0.25) is 0 Å². The fourth-order valence-electron chi connectivity index (χ4n) is 1.58. The minimum absolute atomic E-state index is 0.0356. The molecule has 1 aliphatic heterocycles. The summed E-state index contributed by atoms with van der Waals surface area (Å²) in [7, 11) is 0. The van der Waals surface area contributed by atoms with Crippen molar-refractivity contribution in [1.82, 2.24) is 10.6 Å². The zero-order valence-electron chi connectivity index (χ0n) is 9.54. The maximum Gasteiger partial charge on any atom is 0.239 e. The highest BCUT2D eigenvalue weighted by molar-refractivity contribution is 5.85. The van der Waals surface area contributed by atoms with E-state index in [0.717, 1.165) is 19.4 Å². The Morgan fingerprint density at radius 3 is 2.69 bits per heavy atom. The molecule has 1 unspecified atom stereocenters. The lowest BCUT2D eigenvalue weighted by Gasteiger charge is -2.23. The zero-order chi connectivity index (χ0) is 12.0. The Labute approximate surface area is 94.9 Å². The van der Waals surface area contributed by atoms with Gasteiger partial charge in [-0.05, 0) is 19.8 Å². The number of carbonyl (C=O) groups excluding carboxylic acids is 2. The summed E-state index contributed by atoms with van der Waals surface area (Å²) in [4.78, 5) is 22.1. The maximum atomic E-state index is 11.3. The summed E-state index contributed by atoms with van der Waals surface area (Å²) >= 11 is 0. The second-order valence-corrected chi connectivity index (χ2v) is 4.16. The average Bonchev–Trinajstić information content (AvgIpc) is 2.71. The van der Waals surface area contributed by atoms with E-state index in [2.05, 4.69) is 10.6 Å². The predicted molar refractivity (Wildman–Crippen MR) is 58.7 cm³/mol. The summed E-state index contributed by atoms with van der Waals surface area (Å²) in [5.74, 6) is -0.558. The van der Waals surface area contributed by atoms with Crippen LogP contribution in [-0.4, -0.2) is 43.7 Å². The molecule has 0 aliphatic carbocycles. The molecule has 1 fully saturated rings. The lowest BCUT2D eigenvalue weighted by atomic mass is 10.0. The molecule has 1 saturated heterocycles. The van der Waals surface area contributed by atoms with Crippen molar-refractivity contribution in [3.63, 3.8) is 0 Å². The highest BCUT2D eigenvalue weighted by Crippen LogP contribution is 2.23. The van der Waals surface area contributed by atoms with Crippen molar-refractivity contribution in [1.29, 1.82) is 0 Å². The number of ether oxygens (including phenoxy) is 1. The number of carbonyl (C=O) groups is 2. The third-order valence-electron chi connectivity index (χ3n) is 2.59. The molecule has 0 bridgehead atoms. The minimum atomic E-state index is -0.335. The van der Waals surface area contributed by atoms with E-state index in [4.69, 9.17) is 10.5 Å². The molecular weight excluding hydrogens is 210 g/mol. The van der Waals surface area contributed by atoms with Gasteiger partial charge in [0.2, 0.25) is 11.8 Å². The maximum absolute atomic E-state index is 11.3. The van der Waals surface area contributed by atoms with E-state index < -0.39 is 0 Å². The van der Waals surface area contributed by atoms with E-state index >= 15 is 0 Å². The Balaban J connectivity index is 2.17. The van der Waals surface area contributed by atoms with Gasteiger partial charge >= 0.3 is 0 Å². The molecule has 16 heavy (non-hydrogen) atoms. The van der Waals surface area contributed by atoms with Gasteiger partial charge in [-0.25, -0.2) is 0 Å². The summed E-state index contributed by atoms with van der Waals surface area (Å²) in [6.45, 7) is 3.06. The third-order valence-corrected chi connectivity index (χ3v) is 2.59. The van der Waals surface area contributed by atoms with Gasteiger partial charge in [0, 0.05) is 13.2 Å². The highest BCUT2D eigenvalue weighted by Gasteiger charge is 2.29. The van der Waals surface area contributed by atoms with Crippen LogP contribution in [-0.2, 0) is 14.3 Å². The van der Waals surface area contributed by atoms with E-state index in [0.29, 0.717) is 6.54 Å². The lowest BCUT2D eigenvalue weighted by molar-refractivity contribution is -0.126. The molecule has 0 aromatic rings. The molecule has 1 atom stereocenters. The number of hydrogen-bond acceptors (Lipinski definition) is 4. The highest BCUT2D eigenvalue weighted by atomic mass is 16.5. The van der Waals surface area contributed by atoms with Crippen molar-refractivity contribution in [2.45, 2.75) is 25.4 Å². The van der Waals surface area contributed by atoms with Gasteiger partial charge in [0.15, 0.2) is 0 Å². The standard InChI is InChI=1S/C10H19N3O3/c1-10(3-2-4-16-10)7-13-9(15)6-12-8(14)5-11/h2-7,11H2,1H3,(H,12,14)(H,13,15). The van der Waals surface area contributed by atoms with Gasteiger partial charge in [-0.15, -0.1) is 0 Å². The topological polar surface area (TPSA) is 93.5 Å². The second-order valence-electron chi connectivity index (χ2n) is 4.16. The van der Waals surface area contributed by atoms with E-state index in [1.807, 2.05) is 6.92 Å². The summed E-state index contributed by atoms with van der Waals surface area (Å²) < 4.78 is 5.52. The molecule has 0 aromatic carbocycles. The Morgan fingerprint density at radius 2 is 2.12 bits per heavy atom. The van der Waals surface area contributed by atoms with Gasteiger partial charge in [-0.3, -0.25) is 9.59 Å². The SMILES string of the molecule is CC1(CNC(=O)CNC(=O)CN)CCCO1. The number of amides is 2. The molecule has 0 aromatic heterocycles. The summed E-state index contributed by atoms with van der Waals surface area (Å²) in [5, 5.41) is 5.13. The van der Waals surface area contributed by atoms with Crippen LogP contribution in [0.25, 0.3) is 0 Å². The van der Waals surface area contributed by atoms with E-state index in [9.17, 15) is 9.59 Å². The normalized spacial score (nSPS) is 24.1. The molecule has 1 heterocycles. The van der Waals surface area contributed by atoms with Crippen molar-refractivity contribution < 1.29 is 14.3 Å². The molecule has 4 N–H and O–H groups in total. The molecule has 0 radical (unpaired) electrons. The smallest absolute Gasteiger partial charge is 0.239 e. The first-order valence-electron chi connectivity index (χ1n) is 5.43. The first kappa shape index (κ1) is 12.9. The molecular formula is C10H19N3O3. The molecule has 0 saturated carbocycles. The molecule has 2 amide bonds. The van der Waals surface area contributed by atoms with Crippen LogP contribution in [0.1, 0.15) is 19.8 Å². The van der Waals surface area contributed by atoms with Crippen molar-refractivity contribution >= 4 is 11.8 Å². The first-order chi connectivity index (χ1) is 7.56. The van der Waals surface area contributed by atoms with E-state index in [1.54, 1.807) is 0 Å². The molecule has 92 valence electrons. The Hall–Kier alpha value is -1.14. The number of rotatable bonds is 5. The van der Waals surface area contributed by atoms with Crippen molar-refractivity contribution in [3.8, 4) is 0 Å². The van der Waals surface area contributed by atoms with Crippen molar-refractivity contribution in [2.24, 2.45) is 5.73 Å². The fourth-order valence-corrected chi connectivity index (χ4v) is 1.58. The fraction of sp³-hybridized carbons (Fsp3) is 0.800. The Morgan fingerprint density at radius 1 is 1.38 bits per heavy atom. The van der Waals surface area contributed by atoms with Gasteiger partial charge in [-0.2, -0.15) is 0 Å². The minimum Gasteiger partial charge on any atom is -0.373 e. The predicted octanol–water partition coefficient (Wildman–Crippen LogP) is -1.25. The van der Waals surface area contributed by atoms with Crippen LogP contribution in [0.4, 0.5) is 0 Å². The van der Waals surface area contributed by atoms with Gasteiger partial charge in [0.05, 0.1) is 18.7 Å². The molecule has 6 nitrogen and oxygen atoms in total. The largest absolute Gasteiger partial charge is 0.373 e. The average molecular weight is 229 g/mol. The van der Waals surface area contributed by atoms with E-state index in [1.165, 1.54) is 0 Å². The van der Waals surface area contributed by atoms with Crippen LogP contribution >= 0.6 is 0 Å². The quantitative estimate of drug-likeness (QED) is 0.549. The molecule has 1 rings (SSSR count). The van der Waals surface area contributed by atoms with Crippen LogP contribution in [0.15, 0.2) is 0 Å². The first-order valence-corrected chi connectivity index (χ1v) is 5.43. The second kappa shape index (κ2) is 5.81. The van der Waals surface area contributed by atoms with E-state index in [-0.39, 0.29) is 30.5 Å². The van der Waals surface area contributed by atoms with Crippen LogP contribution in [0.3, 0.4) is 0 Å². The van der Waals surface area contributed by atoms with Gasteiger partial charge in [-0.1, -0.05) is 0 Å². The van der Waals surface area contributed by atoms with Crippen molar-refractivity contribution in [3.05, 3.63) is 0 Å².